The lowest BCUT2D eigenvalue weighted by atomic mass is 10.3. The van der Waals surface area contributed by atoms with Crippen molar-refractivity contribution >= 4 is 40.7 Å². The number of halogens is 2. The summed E-state index contributed by atoms with van der Waals surface area (Å²) < 4.78 is 0. The minimum Gasteiger partial charge on any atom is -0.350 e. The smallest absolute Gasteiger partial charge is 0.244 e. The lowest BCUT2D eigenvalue weighted by molar-refractivity contribution is 0.738. The third-order valence-corrected chi connectivity index (χ3v) is 4.09. The summed E-state index contributed by atoms with van der Waals surface area (Å²) in [5.74, 6) is 1.08. The van der Waals surface area contributed by atoms with Gasteiger partial charge in [0.05, 0.1) is 21.9 Å². The van der Waals surface area contributed by atoms with Crippen LogP contribution in [-0.4, -0.2) is 21.2 Å². The molecule has 21 heavy (non-hydrogen) atoms. The molecular formula is C14H15Cl2N5. The lowest BCUT2D eigenvalue weighted by Gasteiger charge is -2.13. The fourth-order valence-corrected chi connectivity index (χ4v) is 2.91. The summed E-state index contributed by atoms with van der Waals surface area (Å²) >= 11 is 12.3. The summed E-state index contributed by atoms with van der Waals surface area (Å²) in [5, 5.41) is 15.4. The summed E-state index contributed by atoms with van der Waals surface area (Å²) in [6.07, 6.45) is 6.34. The molecule has 1 fully saturated rings. The maximum atomic E-state index is 6.13. The molecule has 0 atom stereocenters. The van der Waals surface area contributed by atoms with E-state index in [-0.39, 0.29) is 0 Å². The number of hydrogen-bond donors (Lipinski definition) is 2. The molecule has 0 aliphatic heterocycles. The number of benzene rings is 1. The minimum atomic E-state index is 0.436. The van der Waals surface area contributed by atoms with Crippen LogP contribution in [0.25, 0.3) is 0 Å². The highest BCUT2D eigenvalue weighted by Gasteiger charge is 2.16. The van der Waals surface area contributed by atoms with Crippen LogP contribution in [0.15, 0.2) is 24.4 Å². The van der Waals surface area contributed by atoms with Gasteiger partial charge in [-0.2, -0.15) is 10.1 Å². The Morgan fingerprint density at radius 3 is 2.52 bits per heavy atom. The summed E-state index contributed by atoms with van der Waals surface area (Å²) in [4.78, 5) is 4.40. The van der Waals surface area contributed by atoms with Crippen LogP contribution in [-0.2, 0) is 0 Å². The van der Waals surface area contributed by atoms with Crippen LogP contribution >= 0.6 is 23.2 Å². The highest BCUT2D eigenvalue weighted by molar-refractivity contribution is 6.39. The van der Waals surface area contributed by atoms with Crippen molar-refractivity contribution in [3.8, 4) is 0 Å². The van der Waals surface area contributed by atoms with Gasteiger partial charge in [0.15, 0.2) is 5.82 Å². The molecule has 1 heterocycles. The van der Waals surface area contributed by atoms with Crippen LogP contribution in [0, 0.1) is 0 Å². The Labute approximate surface area is 133 Å². The predicted molar refractivity (Wildman–Crippen MR) is 85.5 cm³/mol. The van der Waals surface area contributed by atoms with Crippen molar-refractivity contribution in [3.05, 3.63) is 34.4 Å². The van der Waals surface area contributed by atoms with E-state index >= 15 is 0 Å². The molecule has 0 saturated heterocycles. The fraction of sp³-hybridized carbons (Fsp3) is 0.357. The number of aromatic nitrogens is 3. The summed E-state index contributed by atoms with van der Waals surface area (Å²) in [5.41, 5.74) is 0.619. The zero-order valence-electron chi connectivity index (χ0n) is 11.3. The van der Waals surface area contributed by atoms with Gasteiger partial charge in [0.2, 0.25) is 5.95 Å². The third-order valence-electron chi connectivity index (χ3n) is 3.46. The Balaban J connectivity index is 1.76. The van der Waals surface area contributed by atoms with E-state index in [1.807, 2.05) is 0 Å². The van der Waals surface area contributed by atoms with E-state index in [9.17, 15) is 0 Å². The summed E-state index contributed by atoms with van der Waals surface area (Å²) in [6, 6.07) is 5.76. The SMILES string of the molecule is Clc1cccc(Cl)c1Nc1cnnc(NC2CCCC2)n1. The molecule has 0 radical (unpaired) electrons. The van der Waals surface area contributed by atoms with Gasteiger partial charge in [-0.1, -0.05) is 42.1 Å². The van der Waals surface area contributed by atoms with Crippen molar-refractivity contribution < 1.29 is 0 Å². The monoisotopic (exact) mass is 323 g/mol. The number of anilines is 3. The van der Waals surface area contributed by atoms with E-state index in [2.05, 4.69) is 25.8 Å². The van der Waals surface area contributed by atoms with Crippen LogP contribution in [0.2, 0.25) is 10.0 Å². The normalized spacial score (nSPS) is 15.1. The molecule has 1 aromatic carbocycles. The van der Waals surface area contributed by atoms with E-state index in [1.165, 1.54) is 12.8 Å². The number of nitrogens with zero attached hydrogens (tertiary/aromatic N) is 3. The lowest BCUT2D eigenvalue weighted by Crippen LogP contribution is -2.17. The van der Waals surface area contributed by atoms with Crippen molar-refractivity contribution in [2.45, 2.75) is 31.7 Å². The molecule has 5 nitrogen and oxygen atoms in total. The van der Waals surface area contributed by atoms with Gasteiger partial charge < -0.3 is 10.6 Å². The Hall–Kier alpha value is -1.59. The Kier molecular flexibility index (Phi) is 4.41. The van der Waals surface area contributed by atoms with E-state index in [0.717, 1.165) is 12.8 Å². The molecule has 0 bridgehead atoms. The second kappa shape index (κ2) is 6.45. The van der Waals surface area contributed by atoms with Crippen LogP contribution in [0.3, 0.4) is 0 Å². The van der Waals surface area contributed by atoms with E-state index in [0.29, 0.717) is 33.5 Å². The summed E-state index contributed by atoms with van der Waals surface area (Å²) in [7, 11) is 0. The summed E-state index contributed by atoms with van der Waals surface area (Å²) in [6.45, 7) is 0. The predicted octanol–water partition coefficient (Wildman–Crippen LogP) is 4.28. The quantitative estimate of drug-likeness (QED) is 0.879. The topological polar surface area (TPSA) is 62.7 Å². The van der Waals surface area contributed by atoms with Gasteiger partial charge in [-0.25, -0.2) is 0 Å². The largest absolute Gasteiger partial charge is 0.350 e. The van der Waals surface area contributed by atoms with Crippen molar-refractivity contribution in [2.24, 2.45) is 0 Å². The highest BCUT2D eigenvalue weighted by Crippen LogP contribution is 2.32. The first-order chi connectivity index (χ1) is 10.2. The zero-order chi connectivity index (χ0) is 14.7. The molecule has 1 saturated carbocycles. The molecule has 2 aromatic rings. The number of rotatable bonds is 4. The van der Waals surface area contributed by atoms with Crippen molar-refractivity contribution in [3.63, 3.8) is 0 Å². The number of nitrogens with one attached hydrogen (secondary N) is 2. The van der Waals surface area contributed by atoms with Crippen molar-refractivity contribution in [2.75, 3.05) is 10.6 Å². The first-order valence-corrected chi connectivity index (χ1v) is 7.65. The van der Waals surface area contributed by atoms with Crippen LogP contribution < -0.4 is 10.6 Å². The number of hydrogen-bond acceptors (Lipinski definition) is 5. The molecule has 7 heteroatoms. The zero-order valence-corrected chi connectivity index (χ0v) is 12.8. The van der Waals surface area contributed by atoms with Gasteiger partial charge in [0.25, 0.3) is 0 Å². The van der Waals surface area contributed by atoms with Crippen LogP contribution in [0.1, 0.15) is 25.7 Å². The van der Waals surface area contributed by atoms with Gasteiger partial charge in [-0.15, -0.1) is 5.10 Å². The average Bonchev–Trinajstić information content (AvgIpc) is 2.96. The van der Waals surface area contributed by atoms with Gasteiger partial charge in [-0.05, 0) is 25.0 Å². The minimum absolute atomic E-state index is 0.436. The van der Waals surface area contributed by atoms with Gasteiger partial charge in [0.1, 0.15) is 0 Å². The molecule has 3 rings (SSSR count). The average molecular weight is 324 g/mol. The van der Waals surface area contributed by atoms with Gasteiger partial charge >= 0.3 is 0 Å². The highest BCUT2D eigenvalue weighted by atomic mass is 35.5. The molecule has 0 spiro atoms. The van der Waals surface area contributed by atoms with Crippen molar-refractivity contribution in [1.82, 2.24) is 15.2 Å². The number of para-hydroxylation sites is 1. The maximum absolute atomic E-state index is 6.13. The van der Waals surface area contributed by atoms with Gasteiger partial charge in [0, 0.05) is 6.04 Å². The van der Waals surface area contributed by atoms with Crippen molar-refractivity contribution in [1.29, 1.82) is 0 Å². The molecule has 1 aliphatic carbocycles. The molecule has 2 N–H and O–H groups in total. The van der Waals surface area contributed by atoms with E-state index in [1.54, 1.807) is 24.4 Å². The second-order valence-electron chi connectivity index (χ2n) is 5.01. The van der Waals surface area contributed by atoms with E-state index in [4.69, 9.17) is 23.2 Å². The van der Waals surface area contributed by atoms with Crippen LogP contribution in [0.5, 0.6) is 0 Å². The molecule has 0 amide bonds. The second-order valence-corrected chi connectivity index (χ2v) is 5.83. The molecule has 0 unspecified atom stereocenters. The standard InChI is InChI=1S/C14H15Cl2N5/c15-10-6-3-7-11(16)13(10)19-12-8-17-21-14(20-12)18-9-4-1-2-5-9/h3,6-9H,1-2,4-5H2,(H2,18,19,20,21). The Morgan fingerprint density at radius 2 is 1.81 bits per heavy atom. The van der Waals surface area contributed by atoms with E-state index < -0.39 is 0 Å². The van der Waals surface area contributed by atoms with Crippen LogP contribution in [0.4, 0.5) is 17.5 Å². The Bertz CT molecular complexity index is 608. The van der Waals surface area contributed by atoms with Gasteiger partial charge in [-0.3, -0.25) is 0 Å². The first-order valence-electron chi connectivity index (χ1n) is 6.89. The fourth-order valence-electron chi connectivity index (χ4n) is 2.42. The molecule has 1 aliphatic rings. The Morgan fingerprint density at radius 1 is 1.10 bits per heavy atom. The first kappa shape index (κ1) is 14.4. The molecular weight excluding hydrogens is 309 g/mol. The molecule has 1 aromatic heterocycles. The molecule has 110 valence electrons. The third kappa shape index (κ3) is 3.54. The maximum Gasteiger partial charge on any atom is 0.244 e.